The summed E-state index contributed by atoms with van der Waals surface area (Å²) in [5, 5.41) is 0. The van der Waals surface area contributed by atoms with E-state index >= 15 is 0 Å². The first-order chi connectivity index (χ1) is 9.15. The first-order valence-electron chi connectivity index (χ1n) is 6.19. The van der Waals surface area contributed by atoms with Crippen molar-refractivity contribution < 1.29 is 8.81 Å². The van der Waals surface area contributed by atoms with Gasteiger partial charge in [-0.1, -0.05) is 0 Å². The van der Waals surface area contributed by atoms with Gasteiger partial charge in [-0.05, 0) is 43.4 Å². The summed E-state index contributed by atoms with van der Waals surface area (Å²) in [6.45, 7) is 2.00. The van der Waals surface area contributed by atoms with Gasteiger partial charge in [-0.15, -0.1) is 0 Å². The Morgan fingerprint density at radius 1 is 1.37 bits per heavy atom. The zero-order chi connectivity index (χ0) is 13.7. The van der Waals surface area contributed by atoms with E-state index in [1.54, 1.807) is 30.2 Å². The van der Waals surface area contributed by atoms with E-state index in [0.717, 1.165) is 29.2 Å². The molecule has 0 bridgehead atoms. The maximum absolute atomic E-state index is 12.8. The van der Waals surface area contributed by atoms with Crippen LogP contribution in [0.15, 0.2) is 34.9 Å². The van der Waals surface area contributed by atoms with Crippen LogP contribution in [0.25, 0.3) is 11.5 Å². The van der Waals surface area contributed by atoms with E-state index < -0.39 is 0 Å². The van der Waals surface area contributed by atoms with Crippen LogP contribution in [0.3, 0.4) is 0 Å². The van der Waals surface area contributed by atoms with E-state index in [2.05, 4.69) is 4.98 Å². The Balaban J connectivity index is 1.90. The lowest BCUT2D eigenvalue weighted by Gasteiger charge is -2.02. The molecule has 2 N–H and O–H groups in total. The highest BCUT2D eigenvalue weighted by molar-refractivity contribution is 7.98. The van der Waals surface area contributed by atoms with Gasteiger partial charge < -0.3 is 10.2 Å². The molecule has 0 aliphatic heterocycles. The third kappa shape index (κ3) is 4.36. The van der Waals surface area contributed by atoms with E-state index in [0.29, 0.717) is 5.89 Å². The van der Waals surface area contributed by atoms with Crippen molar-refractivity contribution in [1.82, 2.24) is 4.98 Å². The molecule has 5 heteroatoms. The lowest BCUT2D eigenvalue weighted by molar-refractivity contribution is 0.573. The molecule has 1 heterocycles. The van der Waals surface area contributed by atoms with E-state index in [1.807, 2.05) is 6.92 Å². The minimum Gasteiger partial charge on any atom is -0.444 e. The number of benzene rings is 1. The minimum atomic E-state index is -0.262. The molecule has 0 radical (unpaired) electrons. The van der Waals surface area contributed by atoms with Crippen molar-refractivity contribution in [2.45, 2.75) is 25.1 Å². The number of thioether (sulfide) groups is 1. The molecular weight excluding hydrogens is 263 g/mol. The minimum absolute atomic E-state index is 0.236. The number of hydrogen-bond acceptors (Lipinski definition) is 4. The third-order valence-corrected chi connectivity index (χ3v) is 3.63. The van der Waals surface area contributed by atoms with Crippen molar-refractivity contribution in [2.75, 3.05) is 5.75 Å². The molecule has 0 saturated carbocycles. The zero-order valence-electron chi connectivity index (χ0n) is 10.8. The van der Waals surface area contributed by atoms with Crippen LogP contribution in [-0.4, -0.2) is 16.8 Å². The Hall–Kier alpha value is -1.33. The quantitative estimate of drug-likeness (QED) is 0.823. The molecule has 0 saturated heterocycles. The number of oxazole rings is 1. The van der Waals surface area contributed by atoms with Crippen molar-refractivity contribution in [2.24, 2.45) is 5.73 Å². The molecule has 0 spiro atoms. The average Bonchev–Trinajstić information content (AvgIpc) is 2.84. The number of nitrogens with zero attached hydrogens (tertiary/aromatic N) is 1. The monoisotopic (exact) mass is 280 g/mol. The Morgan fingerprint density at radius 3 is 2.79 bits per heavy atom. The summed E-state index contributed by atoms with van der Waals surface area (Å²) in [4.78, 5) is 4.39. The smallest absolute Gasteiger partial charge is 0.226 e. The molecule has 0 aliphatic carbocycles. The second-order valence-electron chi connectivity index (χ2n) is 4.47. The highest BCUT2D eigenvalue weighted by atomic mass is 32.2. The highest BCUT2D eigenvalue weighted by Crippen LogP contribution is 2.21. The lowest BCUT2D eigenvalue weighted by atomic mass is 10.2. The summed E-state index contributed by atoms with van der Waals surface area (Å²) in [5.74, 6) is 2.08. The van der Waals surface area contributed by atoms with E-state index in [1.165, 1.54) is 12.1 Å². The summed E-state index contributed by atoms with van der Waals surface area (Å²) in [6.07, 6.45) is 2.64. The Kier molecular flexibility index (Phi) is 4.99. The number of nitrogens with two attached hydrogens (primary N) is 1. The number of halogens is 1. The molecule has 1 unspecified atom stereocenters. The van der Waals surface area contributed by atoms with E-state index in [9.17, 15) is 4.39 Å². The lowest BCUT2D eigenvalue weighted by Crippen LogP contribution is -2.15. The topological polar surface area (TPSA) is 52.0 Å². The van der Waals surface area contributed by atoms with Gasteiger partial charge in [-0.2, -0.15) is 11.8 Å². The number of rotatable bonds is 6. The average molecular weight is 280 g/mol. The molecule has 0 amide bonds. The molecule has 0 fully saturated rings. The molecular formula is C14H17FN2OS. The van der Waals surface area contributed by atoms with Crippen LogP contribution in [0, 0.1) is 5.82 Å². The molecule has 1 aromatic heterocycles. The summed E-state index contributed by atoms with van der Waals surface area (Å²) in [5.41, 5.74) is 7.37. The van der Waals surface area contributed by atoms with Gasteiger partial charge in [0.05, 0.1) is 5.69 Å². The Labute approximate surface area is 116 Å². The molecule has 0 aliphatic rings. The summed E-state index contributed by atoms with van der Waals surface area (Å²) >= 11 is 1.78. The van der Waals surface area contributed by atoms with Crippen LogP contribution in [0.5, 0.6) is 0 Å². The van der Waals surface area contributed by atoms with Crippen molar-refractivity contribution >= 4 is 11.8 Å². The zero-order valence-corrected chi connectivity index (χ0v) is 11.6. The highest BCUT2D eigenvalue weighted by Gasteiger charge is 2.07. The maximum atomic E-state index is 12.8. The van der Waals surface area contributed by atoms with Crippen LogP contribution in [-0.2, 0) is 5.75 Å². The van der Waals surface area contributed by atoms with Crippen molar-refractivity contribution in [1.29, 1.82) is 0 Å². The summed E-state index contributed by atoms with van der Waals surface area (Å²) in [7, 11) is 0. The van der Waals surface area contributed by atoms with Crippen LogP contribution in [0.1, 0.15) is 19.0 Å². The fourth-order valence-electron chi connectivity index (χ4n) is 1.54. The number of aromatic nitrogens is 1. The summed E-state index contributed by atoms with van der Waals surface area (Å²) in [6, 6.07) is 6.36. The molecule has 1 atom stereocenters. The second-order valence-corrected chi connectivity index (χ2v) is 5.57. The van der Waals surface area contributed by atoms with Crippen LogP contribution in [0.4, 0.5) is 4.39 Å². The largest absolute Gasteiger partial charge is 0.444 e. The van der Waals surface area contributed by atoms with Crippen molar-refractivity contribution in [3.8, 4) is 11.5 Å². The molecule has 19 heavy (non-hydrogen) atoms. The van der Waals surface area contributed by atoms with Gasteiger partial charge in [0.15, 0.2) is 0 Å². The van der Waals surface area contributed by atoms with Crippen molar-refractivity contribution in [3.63, 3.8) is 0 Å². The number of hydrogen-bond donors (Lipinski definition) is 1. The normalized spacial score (nSPS) is 12.6. The van der Waals surface area contributed by atoms with Crippen LogP contribution in [0.2, 0.25) is 0 Å². The van der Waals surface area contributed by atoms with Crippen LogP contribution >= 0.6 is 11.8 Å². The fourth-order valence-corrected chi connectivity index (χ4v) is 2.57. The Morgan fingerprint density at radius 2 is 2.11 bits per heavy atom. The first-order valence-corrected chi connectivity index (χ1v) is 7.34. The predicted octanol–water partition coefficient (Wildman–Crippen LogP) is 3.45. The fraction of sp³-hybridized carbons (Fsp3) is 0.357. The van der Waals surface area contributed by atoms with E-state index in [4.69, 9.17) is 10.2 Å². The van der Waals surface area contributed by atoms with Gasteiger partial charge in [0.2, 0.25) is 5.89 Å². The second kappa shape index (κ2) is 6.73. The van der Waals surface area contributed by atoms with Gasteiger partial charge in [-0.25, -0.2) is 9.37 Å². The Bertz CT molecular complexity index is 510. The van der Waals surface area contributed by atoms with Gasteiger partial charge in [0.25, 0.3) is 0 Å². The van der Waals surface area contributed by atoms with Crippen molar-refractivity contribution in [3.05, 3.63) is 42.0 Å². The first kappa shape index (κ1) is 14.1. The van der Waals surface area contributed by atoms with Gasteiger partial charge in [0.1, 0.15) is 12.1 Å². The third-order valence-electron chi connectivity index (χ3n) is 2.61. The van der Waals surface area contributed by atoms with Gasteiger partial charge in [0, 0.05) is 17.4 Å². The maximum Gasteiger partial charge on any atom is 0.226 e. The molecule has 2 rings (SSSR count). The standard InChI is InChI=1S/C14H17FN2OS/c1-10(16)6-7-19-9-13-8-18-14(17-13)11-2-4-12(15)5-3-11/h2-5,8,10H,6-7,9,16H2,1H3. The van der Waals surface area contributed by atoms with E-state index in [-0.39, 0.29) is 11.9 Å². The SMILES string of the molecule is CC(N)CCSCc1coc(-c2ccc(F)cc2)n1. The molecule has 2 aromatic rings. The van der Waals surface area contributed by atoms with Crippen LogP contribution < -0.4 is 5.73 Å². The molecule has 3 nitrogen and oxygen atoms in total. The molecule has 102 valence electrons. The predicted molar refractivity (Wildman–Crippen MR) is 76.3 cm³/mol. The summed E-state index contributed by atoms with van der Waals surface area (Å²) < 4.78 is 18.2. The van der Waals surface area contributed by atoms with Gasteiger partial charge >= 0.3 is 0 Å². The van der Waals surface area contributed by atoms with Gasteiger partial charge in [-0.3, -0.25) is 0 Å². The molecule has 1 aromatic carbocycles.